The van der Waals surface area contributed by atoms with Crippen LogP contribution >= 0.6 is 0 Å². The molecule has 1 amide bonds. The number of amides is 1. The Morgan fingerprint density at radius 1 is 1.21 bits per heavy atom. The quantitative estimate of drug-likeness (QED) is 0.749. The number of carbonyl (C=O) groups excluding carboxylic acids is 1. The third-order valence-corrected chi connectivity index (χ3v) is 4.90. The molecule has 2 aromatic heterocycles. The van der Waals surface area contributed by atoms with E-state index >= 15 is 0 Å². The maximum atomic E-state index is 12.9. The van der Waals surface area contributed by atoms with Crippen molar-refractivity contribution in [3.05, 3.63) is 41.9 Å². The minimum absolute atomic E-state index is 0.132. The molecule has 1 aliphatic heterocycles. The van der Waals surface area contributed by atoms with Crippen molar-refractivity contribution in [1.29, 1.82) is 0 Å². The molecule has 1 aliphatic rings. The fraction of sp³-hybridized carbons (Fsp3) is 0.400. The van der Waals surface area contributed by atoms with Gasteiger partial charge >= 0.3 is 0 Å². The molecule has 0 radical (unpaired) electrons. The normalized spacial score (nSPS) is 14.6. The minimum atomic E-state index is -0.335. The lowest BCUT2D eigenvalue weighted by atomic mass is 10.0. The van der Waals surface area contributed by atoms with Crippen LogP contribution in [0.1, 0.15) is 35.9 Å². The van der Waals surface area contributed by atoms with Gasteiger partial charge in [-0.15, -0.1) is 0 Å². The molecule has 3 aromatic rings. The molecule has 1 aromatic carbocycles. The zero-order chi connectivity index (χ0) is 19.7. The molecular weight excluding hydrogens is 356 g/mol. The Labute approximate surface area is 163 Å². The van der Waals surface area contributed by atoms with E-state index in [0.29, 0.717) is 24.8 Å². The molecule has 1 fully saturated rings. The second kappa shape index (κ2) is 7.55. The highest BCUT2D eigenvalue weighted by molar-refractivity contribution is 6.03. The van der Waals surface area contributed by atoms with Crippen LogP contribution < -0.4 is 10.2 Å². The zero-order valence-electron chi connectivity index (χ0n) is 16.3. The molecule has 0 bridgehead atoms. The highest BCUT2D eigenvalue weighted by atomic mass is 16.5. The van der Waals surface area contributed by atoms with E-state index in [4.69, 9.17) is 4.74 Å². The molecule has 8 heteroatoms. The number of anilines is 2. The summed E-state index contributed by atoms with van der Waals surface area (Å²) in [6.07, 6.45) is 1.74. The number of benzene rings is 1. The van der Waals surface area contributed by atoms with Gasteiger partial charge in [0.1, 0.15) is 5.82 Å². The average Bonchev–Trinajstić information content (AvgIpc) is 3.09. The molecule has 3 heterocycles. The highest BCUT2D eigenvalue weighted by Gasteiger charge is 2.22. The molecule has 4 rings (SSSR count). The van der Waals surface area contributed by atoms with E-state index in [1.165, 1.54) is 0 Å². The molecule has 0 atom stereocenters. The van der Waals surface area contributed by atoms with Gasteiger partial charge in [0.15, 0.2) is 5.65 Å². The van der Waals surface area contributed by atoms with E-state index < -0.39 is 0 Å². The Balaban J connectivity index is 1.68. The highest BCUT2D eigenvalue weighted by Crippen LogP contribution is 2.25. The molecule has 0 spiro atoms. The van der Waals surface area contributed by atoms with Crippen molar-refractivity contribution in [2.24, 2.45) is 7.05 Å². The number of rotatable bonds is 4. The van der Waals surface area contributed by atoms with Crippen LogP contribution in [0.15, 0.2) is 30.5 Å². The summed E-state index contributed by atoms with van der Waals surface area (Å²) in [6, 6.07) is 7.84. The topological polar surface area (TPSA) is 85.2 Å². The van der Waals surface area contributed by atoms with E-state index in [2.05, 4.69) is 45.2 Å². The predicted molar refractivity (Wildman–Crippen MR) is 108 cm³/mol. The smallest absolute Gasteiger partial charge is 0.293 e. The Bertz CT molecular complexity index is 1010. The Hall–Kier alpha value is -3.00. The number of aromatic nitrogens is 4. The number of morpholine rings is 1. The van der Waals surface area contributed by atoms with Gasteiger partial charge in [0, 0.05) is 25.8 Å². The molecule has 8 nitrogen and oxygen atoms in total. The molecule has 146 valence electrons. The SMILES string of the molecule is CC(C)c1cccc(NC(=O)c2nc(N3CCOCC3)c3cnn(C)c3n2)c1. The number of hydrogen-bond donors (Lipinski definition) is 1. The van der Waals surface area contributed by atoms with Crippen molar-refractivity contribution in [2.45, 2.75) is 19.8 Å². The third kappa shape index (κ3) is 3.55. The van der Waals surface area contributed by atoms with Crippen molar-refractivity contribution in [3.63, 3.8) is 0 Å². The van der Waals surface area contributed by atoms with Crippen LogP contribution in [0.4, 0.5) is 11.5 Å². The fourth-order valence-corrected chi connectivity index (χ4v) is 3.29. The van der Waals surface area contributed by atoms with Crippen LogP contribution in [0.25, 0.3) is 11.0 Å². The van der Waals surface area contributed by atoms with Crippen LogP contribution in [0.5, 0.6) is 0 Å². The standard InChI is InChI=1S/C20H24N6O2/c1-13(2)14-5-4-6-15(11-14)22-20(27)17-23-18-16(12-21-25(18)3)19(24-17)26-7-9-28-10-8-26/h4-6,11-13H,7-10H2,1-3H3,(H,22,27). The summed E-state index contributed by atoms with van der Waals surface area (Å²) in [6.45, 7) is 6.95. The van der Waals surface area contributed by atoms with Crippen LogP contribution in [0.2, 0.25) is 0 Å². The lowest BCUT2D eigenvalue weighted by Crippen LogP contribution is -2.37. The molecular formula is C20H24N6O2. The van der Waals surface area contributed by atoms with Gasteiger partial charge in [-0.2, -0.15) is 5.10 Å². The number of nitrogens with one attached hydrogen (secondary N) is 1. The Kier molecular flexibility index (Phi) is 4.95. The van der Waals surface area contributed by atoms with Gasteiger partial charge in [0.2, 0.25) is 5.82 Å². The predicted octanol–water partition coefficient (Wildman–Crippen LogP) is 2.58. The van der Waals surface area contributed by atoms with E-state index in [1.807, 2.05) is 25.2 Å². The van der Waals surface area contributed by atoms with Gasteiger partial charge in [-0.25, -0.2) is 9.97 Å². The zero-order valence-corrected chi connectivity index (χ0v) is 16.3. The first-order valence-electron chi connectivity index (χ1n) is 9.46. The molecule has 28 heavy (non-hydrogen) atoms. The number of hydrogen-bond acceptors (Lipinski definition) is 6. The van der Waals surface area contributed by atoms with Crippen molar-refractivity contribution in [2.75, 3.05) is 36.5 Å². The van der Waals surface area contributed by atoms with Gasteiger partial charge in [0.05, 0.1) is 24.8 Å². The van der Waals surface area contributed by atoms with Crippen molar-refractivity contribution >= 4 is 28.4 Å². The second-order valence-corrected chi connectivity index (χ2v) is 7.21. The molecule has 0 unspecified atom stereocenters. The number of fused-ring (bicyclic) bond motifs is 1. The van der Waals surface area contributed by atoms with Crippen molar-refractivity contribution < 1.29 is 9.53 Å². The summed E-state index contributed by atoms with van der Waals surface area (Å²) < 4.78 is 7.10. The fourth-order valence-electron chi connectivity index (χ4n) is 3.29. The first kappa shape index (κ1) is 18.4. The first-order valence-corrected chi connectivity index (χ1v) is 9.46. The third-order valence-electron chi connectivity index (χ3n) is 4.90. The van der Waals surface area contributed by atoms with Gasteiger partial charge < -0.3 is 15.0 Å². The van der Waals surface area contributed by atoms with Crippen LogP contribution in [0.3, 0.4) is 0 Å². The van der Waals surface area contributed by atoms with Crippen molar-refractivity contribution in [1.82, 2.24) is 19.7 Å². The van der Waals surface area contributed by atoms with Crippen molar-refractivity contribution in [3.8, 4) is 0 Å². The molecule has 1 saturated heterocycles. The summed E-state index contributed by atoms with van der Waals surface area (Å²) in [7, 11) is 1.81. The second-order valence-electron chi connectivity index (χ2n) is 7.21. The molecule has 0 aliphatic carbocycles. The van der Waals surface area contributed by atoms with E-state index in [-0.39, 0.29) is 11.7 Å². The summed E-state index contributed by atoms with van der Waals surface area (Å²) in [5, 5.41) is 8.05. The Morgan fingerprint density at radius 2 is 2.00 bits per heavy atom. The summed E-state index contributed by atoms with van der Waals surface area (Å²) in [4.78, 5) is 24.1. The van der Waals surface area contributed by atoms with Gasteiger partial charge in [-0.05, 0) is 23.6 Å². The molecule has 1 N–H and O–H groups in total. The number of carbonyl (C=O) groups is 1. The summed E-state index contributed by atoms with van der Waals surface area (Å²) in [5.41, 5.74) is 2.53. The maximum Gasteiger partial charge on any atom is 0.293 e. The van der Waals surface area contributed by atoms with Crippen LogP contribution in [-0.2, 0) is 11.8 Å². The van der Waals surface area contributed by atoms with Crippen LogP contribution in [-0.4, -0.2) is 52.0 Å². The summed E-state index contributed by atoms with van der Waals surface area (Å²) >= 11 is 0. The van der Waals surface area contributed by atoms with E-state index in [9.17, 15) is 4.79 Å². The van der Waals surface area contributed by atoms with Gasteiger partial charge in [-0.1, -0.05) is 26.0 Å². The Morgan fingerprint density at radius 3 is 2.75 bits per heavy atom. The average molecular weight is 380 g/mol. The minimum Gasteiger partial charge on any atom is -0.378 e. The summed E-state index contributed by atoms with van der Waals surface area (Å²) in [5.74, 6) is 0.903. The largest absolute Gasteiger partial charge is 0.378 e. The lowest BCUT2D eigenvalue weighted by Gasteiger charge is -2.28. The van der Waals surface area contributed by atoms with Gasteiger partial charge in [0.25, 0.3) is 5.91 Å². The monoisotopic (exact) mass is 380 g/mol. The molecule has 0 saturated carbocycles. The number of ether oxygens (including phenoxy) is 1. The number of nitrogens with zero attached hydrogens (tertiary/aromatic N) is 5. The van der Waals surface area contributed by atoms with E-state index in [1.54, 1.807) is 10.9 Å². The van der Waals surface area contributed by atoms with E-state index in [0.717, 1.165) is 35.5 Å². The lowest BCUT2D eigenvalue weighted by molar-refractivity contribution is 0.101. The van der Waals surface area contributed by atoms with Gasteiger partial charge in [-0.3, -0.25) is 9.48 Å². The first-order chi connectivity index (χ1) is 13.5. The number of aryl methyl sites for hydroxylation is 1. The maximum absolute atomic E-state index is 12.9. The van der Waals surface area contributed by atoms with Crippen LogP contribution in [0, 0.1) is 0 Å².